The van der Waals surface area contributed by atoms with Crippen LogP contribution < -0.4 is 0 Å². The lowest BCUT2D eigenvalue weighted by Gasteiger charge is -2.19. The minimum Gasteiger partial charge on any atom is -0.508 e. The molecular weight excluding hydrogens is 284 g/mol. The van der Waals surface area contributed by atoms with Gasteiger partial charge in [-0.1, -0.05) is 13.3 Å². The fraction of sp³-hybridized carbons (Fsp3) is 0.529. The fourth-order valence-corrected chi connectivity index (χ4v) is 2.89. The Morgan fingerprint density at radius 3 is 2.59 bits per heavy atom. The summed E-state index contributed by atoms with van der Waals surface area (Å²) in [6.45, 7) is 3.85. The number of phenols is 2. The molecule has 1 aliphatic heterocycles. The predicted molar refractivity (Wildman–Crippen MR) is 81.0 cm³/mol. The first-order valence-corrected chi connectivity index (χ1v) is 7.64. The Morgan fingerprint density at radius 2 is 1.86 bits per heavy atom. The summed E-state index contributed by atoms with van der Waals surface area (Å²) in [4.78, 5) is 24.4. The highest BCUT2D eigenvalue weighted by molar-refractivity contribution is 6.01. The van der Waals surface area contributed by atoms with E-state index >= 15 is 0 Å². The number of fused-ring (bicyclic) bond motifs is 1. The van der Waals surface area contributed by atoms with Crippen LogP contribution in [0.25, 0.3) is 0 Å². The van der Waals surface area contributed by atoms with Crippen LogP contribution in [0.3, 0.4) is 0 Å². The van der Waals surface area contributed by atoms with Gasteiger partial charge >= 0.3 is 5.97 Å². The number of Topliss-reactive ketones (excluding diaryl/α,β-unsaturated/α-hetero) is 1. The van der Waals surface area contributed by atoms with E-state index in [-0.39, 0.29) is 41.3 Å². The summed E-state index contributed by atoms with van der Waals surface area (Å²) < 4.78 is 5.32. The molecule has 22 heavy (non-hydrogen) atoms. The van der Waals surface area contributed by atoms with Crippen molar-refractivity contribution in [1.82, 2.24) is 0 Å². The molecule has 1 aromatic rings. The van der Waals surface area contributed by atoms with E-state index in [9.17, 15) is 19.8 Å². The number of rotatable bonds is 0. The number of phenolic OH excluding ortho intramolecular Hbond substituents is 2. The number of hydrogen-bond donors (Lipinski definition) is 2. The number of ketones is 1. The third-order valence-corrected chi connectivity index (χ3v) is 3.97. The summed E-state index contributed by atoms with van der Waals surface area (Å²) in [7, 11) is 0. The van der Waals surface area contributed by atoms with Crippen molar-refractivity contribution >= 4 is 11.8 Å². The van der Waals surface area contributed by atoms with E-state index in [0.29, 0.717) is 12.0 Å². The van der Waals surface area contributed by atoms with Crippen LogP contribution in [0.15, 0.2) is 12.1 Å². The molecule has 1 aliphatic rings. The maximum Gasteiger partial charge on any atom is 0.310 e. The van der Waals surface area contributed by atoms with Crippen LogP contribution in [0.2, 0.25) is 0 Å². The highest BCUT2D eigenvalue weighted by Gasteiger charge is 2.23. The van der Waals surface area contributed by atoms with Crippen molar-refractivity contribution in [2.45, 2.75) is 52.1 Å². The van der Waals surface area contributed by atoms with Gasteiger partial charge in [0.2, 0.25) is 0 Å². The molecule has 0 saturated carbocycles. The molecule has 0 spiro atoms. The molecule has 0 aromatic heterocycles. The summed E-state index contributed by atoms with van der Waals surface area (Å²) in [5.41, 5.74) is 0.433. The number of aromatic hydroxyl groups is 2. The first-order chi connectivity index (χ1) is 10.4. The van der Waals surface area contributed by atoms with Gasteiger partial charge in [0.1, 0.15) is 11.5 Å². The summed E-state index contributed by atoms with van der Waals surface area (Å²) in [6, 6.07) is 2.47. The number of carbonyl (C=O) groups is 2. The number of ether oxygens (including phenoxy) is 1. The van der Waals surface area contributed by atoms with Crippen molar-refractivity contribution < 1.29 is 24.5 Å². The molecule has 0 saturated heterocycles. The molecular formula is C17H22O5. The Morgan fingerprint density at radius 1 is 1.14 bits per heavy atom. The molecule has 0 radical (unpaired) electrons. The largest absolute Gasteiger partial charge is 0.508 e. The second kappa shape index (κ2) is 6.81. The van der Waals surface area contributed by atoms with Gasteiger partial charge in [-0.3, -0.25) is 9.59 Å². The molecule has 0 fully saturated rings. The fourth-order valence-electron chi connectivity index (χ4n) is 2.89. The SMILES string of the molecule is CC1CCC[C@H](C)OC(=O)Cc2cc(O)cc(O)c2C(=O)C1. The van der Waals surface area contributed by atoms with Gasteiger partial charge in [-0.15, -0.1) is 0 Å². The number of benzene rings is 1. The lowest BCUT2D eigenvalue weighted by molar-refractivity contribution is -0.147. The molecule has 5 heteroatoms. The zero-order chi connectivity index (χ0) is 16.3. The third kappa shape index (κ3) is 4.00. The van der Waals surface area contributed by atoms with Gasteiger partial charge in [0.15, 0.2) is 5.78 Å². The molecule has 2 atom stereocenters. The Labute approximate surface area is 129 Å². The van der Waals surface area contributed by atoms with E-state index in [0.717, 1.165) is 25.3 Å². The van der Waals surface area contributed by atoms with Crippen molar-refractivity contribution in [2.24, 2.45) is 5.92 Å². The van der Waals surface area contributed by atoms with E-state index in [1.54, 1.807) is 0 Å². The van der Waals surface area contributed by atoms with Crippen molar-refractivity contribution in [3.05, 3.63) is 23.3 Å². The summed E-state index contributed by atoms with van der Waals surface area (Å²) in [5, 5.41) is 19.6. The van der Waals surface area contributed by atoms with Crippen LogP contribution in [0.1, 0.15) is 55.5 Å². The van der Waals surface area contributed by atoms with Crippen LogP contribution in [0.5, 0.6) is 11.5 Å². The van der Waals surface area contributed by atoms with Gasteiger partial charge in [0.25, 0.3) is 0 Å². The normalized spacial score (nSPS) is 23.9. The Hall–Kier alpha value is -2.04. The van der Waals surface area contributed by atoms with Crippen molar-refractivity contribution in [3.8, 4) is 11.5 Å². The van der Waals surface area contributed by atoms with Crippen LogP contribution in [0.4, 0.5) is 0 Å². The first-order valence-electron chi connectivity index (χ1n) is 7.64. The van der Waals surface area contributed by atoms with Crippen molar-refractivity contribution in [3.63, 3.8) is 0 Å². The minimum atomic E-state index is -0.458. The molecule has 120 valence electrons. The second-order valence-corrected chi connectivity index (χ2v) is 6.14. The van der Waals surface area contributed by atoms with E-state index in [2.05, 4.69) is 0 Å². The molecule has 5 nitrogen and oxygen atoms in total. The van der Waals surface area contributed by atoms with Gasteiger partial charge in [-0.05, 0) is 37.3 Å². The van der Waals surface area contributed by atoms with Crippen molar-refractivity contribution in [1.29, 1.82) is 0 Å². The molecule has 0 amide bonds. The lowest BCUT2D eigenvalue weighted by Crippen LogP contribution is -2.20. The monoisotopic (exact) mass is 306 g/mol. The van der Waals surface area contributed by atoms with Crippen LogP contribution in [-0.2, 0) is 16.0 Å². The zero-order valence-corrected chi connectivity index (χ0v) is 13.0. The molecule has 2 rings (SSSR count). The zero-order valence-electron chi connectivity index (χ0n) is 13.0. The topological polar surface area (TPSA) is 83.8 Å². The van der Waals surface area contributed by atoms with Gasteiger partial charge < -0.3 is 14.9 Å². The van der Waals surface area contributed by atoms with Gasteiger partial charge in [-0.2, -0.15) is 0 Å². The molecule has 1 heterocycles. The van der Waals surface area contributed by atoms with Crippen molar-refractivity contribution in [2.75, 3.05) is 0 Å². The number of hydrogen-bond acceptors (Lipinski definition) is 5. The van der Waals surface area contributed by atoms with Crippen LogP contribution in [0, 0.1) is 5.92 Å². The second-order valence-electron chi connectivity index (χ2n) is 6.14. The lowest BCUT2D eigenvalue weighted by atomic mass is 9.91. The minimum absolute atomic E-state index is 0.120. The summed E-state index contributed by atoms with van der Waals surface area (Å²) in [6.07, 6.45) is 2.52. The molecule has 0 aliphatic carbocycles. The number of cyclic esters (lactones) is 1. The molecule has 1 aromatic carbocycles. The molecule has 0 bridgehead atoms. The average molecular weight is 306 g/mol. The van der Waals surface area contributed by atoms with Crippen LogP contribution >= 0.6 is 0 Å². The molecule has 1 unspecified atom stereocenters. The summed E-state index contributed by atoms with van der Waals surface area (Å²) in [5.74, 6) is -0.937. The standard InChI is InChI=1S/C17H22O5/c1-10-4-3-5-11(2)22-16(21)8-12-7-13(18)9-15(20)17(12)14(19)6-10/h7,9-11,18,20H,3-6,8H2,1-2H3/t10?,11-/m0/s1. The highest BCUT2D eigenvalue weighted by Crippen LogP contribution is 2.31. The van der Waals surface area contributed by atoms with E-state index < -0.39 is 5.97 Å². The number of esters is 1. The quantitative estimate of drug-likeness (QED) is 0.720. The maximum absolute atomic E-state index is 12.4. The van der Waals surface area contributed by atoms with E-state index in [1.807, 2.05) is 13.8 Å². The predicted octanol–water partition coefficient (Wildman–Crippen LogP) is 2.96. The first kappa shape index (κ1) is 16.3. The Kier molecular flexibility index (Phi) is 5.06. The average Bonchev–Trinajstić information content (AvgIpc) is 2.35. The third-order valence-electron chi connectivity index (χ3n) is 3.97. The summed E-state index contributed by atoms with van der Waals surface area (Å²) >= 11 is 0. The van der Waals surface area contributed by atoms with Gasteiger partial charge in [0, 0.05) is 12.5 Å². The Bertz CT molecular complexity index is 579. The smallest absolute Gasteiger partial charge is 0.310 e. The number of carbonyl (C=O) groups excluding carboxylic acids is 2. The van der Waals surface area contributed by atoms with Gasteiger partial charge in [-0.25, -0.2) is 0 Å². The van der Waals surface area contributed by atoms with E-state index in [4.69, 9.17) is 4.74 Å². The maximum atomic E-state index is 12.4. The van der Waals surface area contributed by atoms with E-state index in [1.165, 1.54) is 6.07 Å². The van der Waals surface area contributed by atoms with Gasteiger partial charge in [0.05, 0.1) is 18.1 Å². The Balaban J connectivity index is 2.40. The molecule has 2 N–H and O–H groups in total. The van der Waals surface area contributed by atoms with Crippen LogP contribution in [-0.4, -0.2) is 28.1 Å². The highest BCUT2D eigenvalue weighted by atomic mass is 16.5.